The van der Waals surface area contributed by atoms with Gasteiger partial charge in [-0.3, -0.25) is 14.4 Å². The fourth-order valence-corrected chi connectivity index (χ4v) is 3.60. The fourth-order valence-electron chi connectivity index (χ4n) is 3.60. The van der Waals surface area contributed by atoms with Crippen LogP contribution in [0.5, 0.6) is 0 Å². The molecular formula is C28H41N3O6. The molecule has 0 aromatic heterocycles. The summed E-state index contributed by atoms with van der Waals surface area (Å²) in [5.74, 6) is 1.00. The van der Waals surface area contributed by atoms with E-state index >= 15 is 0 Å². The summed E-state index contributed by atoms with van der Waals surface area (Å²) in [5.41, 5.74) is 0.395. The highest BCUT2D eigenvalue weighted by molar-refractivity contribution is 5.93. The maximum Gasteiger partial charge on any atom is 0.408 e. The van der Waals surface area contributed by atoms with E-state index in [-0.39, 0.29) is 19.0 Å². The molecule has 9 heteroatoms. The largest absolute Gasteiger partial charge is 0.468 e. The van der Waals surface area contributed by atoms with Crippen LogP contribution in [0.15, 0.2) is 24.3 Å². The lowest BCUT2D eigenvalue weighted by atomic mass is 9.98. The maximum absolute atomic E-state index is 14.0. The standard InChI is InChI=1S/C28H41N3O6/c1-9-11-16-31(26(34)22(17-19(3)4)30-27(35)37-28(5,6)7)24(25(33)29-18-23(32)36-8)21-14-12-20(10-2)13-15-21/h2,12-15,19,22,24H,9,11,16-18H2,1,3-8H3,(H,29,33)(H,30,35). The van der Waals surface area contributed by atoms with Crippen molar-refractivity contribution in [3.8, 4) is 12.3 Å². The maximum atomic E-state index is 14.0. The van der Waals surface area contributed by atoms with Gasteiger partial charge in [0.15, 0.2) is 0 Å². The molecule has 1 aromatic rings. The Morgan fingerprint density at radius 2 is 1.73 bits per heavy atom. The number of rotatable bonds is 12. The third-order valence-electron chi connectivity index (χ3n) is 5.32. The number of hydrogen-bond acceptors (Lipinski definition) is 6. The van der Waals surface area contributed by atoms with Crippen LogP contribution >= 0.6 is 0 Å². The Morgan fingerprint density at radius 3 is 2.22 bits per heavy atom. The summed E-state index contributed by atoms with van der Waals surface area (Å²) in [4.78, 5) is 53.1. The molecule has 0 radical (unpaired) electrons. The predicted octanol–water partition coefficient (Wildman–Crippen LogP) is 3.57. The number of amides is 3. The van der Waals surface area contributed by atoms with Crippen molar-refractivity contribution in [1.82, 2.24) is 15.5 Å². The molecule has 0 saturated heterocycles. The van der Waals surface area contributed by atoms with Crippen LogP contribution in [0.4, 0.5) is 4.79 Å². The van der Waals surface area contributed by atoms with Gasteiger partial charge >= 0.3 is 12.1 Å². The minimum atomic E-state index is -1.06. The van der Waals surface area contributed by atoms with E-state index in [4.69, 9.17) is 11.2 Å². The van der Waals surface area contributed by atoms with E-state index in [1.165, 1.54) is 12.0 Å². The first kappa shape index (κ1) is 31.5. The van der Waals surface area contributed by atoms with Gasteiger partial charge < -0.3 is 25.0 Å². The molecule has 204 valence electrons. The Bertz CT molecular complexity index is 960. The molecule has 0 heterocycles. The second-order valence-corrected chi connectivity index (χ2v) is 10.2. The van der Waals surface area contributed by atoms with Gasteiger partial charge in [0.2, 0.25) is 11.8 Å². The molecule has 0 fully saturated rings. The van der Waals surface area contributed by atoms with Crippen LogP contribution in [0.2, 0.25) is 0 Å². The molecule has 1 rings (SSSR count). The number of carbonyl (C=O) groups is 4. The van der Waals surface area contributed by atoms with Crippen LogP contribution in [0.25, 0.3) is 0 Å². The summed E-state index contributed by atoms with van der Waals surface area (Å²) in [5, 5.41) is 5.26. The van der Waals surface area contributed by atoms with Crippen LogP contribution in [-0.2, 0) is 23.9 Å². The Morgan fingerprint density at radius 1 is 1.11 bits per heavy atom. The monoisotopic (exact) mass is 515 g/mol. The molecule has 1 aromatic carbocycles. The molecule has 0 spiro atoms. The summed E-state index contributed by atoms with van der Waals surface area (Å²) < 4.78 is 10.0. The van der Waals surface area contributed by atoms with Crippen molar-refractivity contribution < 1.29 is 28.7 Å². The molecule has 2 N–H and O–H groups in total. The number of carbonyl (C=O) groups excluding carboxylic acids is 4. The van der Waals surface area contributed by atoms with Gasteiger partial charge in [-0.05, 0) is 57.2 Å². The average molecular weight is 516 g/mol. The lowest BCUT2D eigenvalue weighted by molar-refractivity contribution is -0.145. The minimum Gasteiger partial charge on any atom is -0.468 e. The zero-order valence-corrected chi connectivity index (χ0v) is 23.1. The first-order valence-corrected chi connectivity index (χ1v) is 12.5. The van der Waals surface area contributed by atoms with Crippen molar-refractivity contribution in [3.63, 3.8) is 0 Å². The van der Waals surface area contributed by atoms with Gasteiger partial charge in [-0.1, -0.05) is 45.2 Å². The lowest BCUT2D eigenvalue weighted by Gasteiger charge is -2.35. The van der Waals surface area contributed by atoms with Crippen LogP contribution in [-0.4, -0.2) is 60.6 Å². The predicted molar refractivity (Wildman–Crippen MR) is 141 cm³/mol. The van der Waals surface area contributed by atoms with Crippen molar-refractivity contribution in [2.45, 2.75) is 78.5 Å². The summed E-state index contributed by atoms with van der Waals surface area (Å²) in [6.45, 7) is 11.0. The molecular weight excluding hydrogens is 474 g/mol. The number of hydrogen-bond donors (Lipinski definition) is 2. The Hall–Kier alpha value is -3.54. The number of unbranched alkanes of at least 4 members (excludes halogenated alkanes) is 1. The van der Waals surface area contributed by atoms with Crippen LogP contribution in [0.3, 0.4) is 0 Å². The van der Waals surface area contributed by atoms with Crippen LogP contribution < -0.4 is 10.6 Å². The number of terminal acetylenes is 1. The van der Waals surface area contributed by atoms with E-state index < -0.39 is 41.6 Å². The molecule has 0 aliphatic heterocycles. The van der Waals surface area contributed by atoms with Gasteiger partial charge in [0.05, 0.1) is 7.11 Å². The van der Waals surface area contributed by atoms with E-state index in [1.54, 1.807) is 45.0 Å². The number of methoxy groups -OCH3 is 1. The Balaban J connectivity index is 3.48. The van der Waals surface area contributed by atoms with Crippen molar-refractivity contribution in [3.05, 3.63) is 35.4 Å². The van der Waals surface area contributed by atoms with Crippen molar-refractivity contribution in [2.24, 2.45) is 5.92 Å². The topological polar surface area (TPSA) is 114 Å². The van der Waals surface area contributed by atoms with Crippen LogP contribution in [0, 0.1) is 18.3 Å². The summed E-state index contributed by atoms with van der Waals surface area (Å²) in [6.07, 6.45) is 6.50. The Labute approximate surface area is 220 Å². The number of benzene rings is 1. The van der Waals surface area contributed by atoms with E-state index in [2.05, 4.69) is 21.3 Å². The highest BCUT2D eigenvalue weighted by Gasteiger charge is 2.36. The SMILES string of the molecule is C#Cc1ccc(C(C(=O)NCC(=O)OC)N(CCCC)C(=O)C(CC(C)C)NC(=O)OC(C)(C)C)cc1. The number of ether oxygens (including phenoxy) is 2. The van der Waals surface area contributed by atoms with Gasteiger partial charge in [-0.2, -0.15) is 0 Å². The first-order chi connectivity index (χ1) is 17.3. The highest BCUT2D eigenvalue weighted by atomic mass is 16.6. The van der Waals surface area contributed by atoms with Gasteiger partial charge in [0.25, 0.3) is 0 Å². The van der Waals surface area contributed by atoms with E-state index in [0.29, 0.717) is 24.0 Å². The molecule has 37 heavy (non-hydrogen) atoms. The second kappa shape index (κ2) is 14.9. The molecule has 3 amide bonds. The third-order valence-corrected chi connectivity index (χ3v) is 5.32. The van der Waals surface area contributed by atoms with Crippen molar-refractivity contribution >= 4 is 23.9 Å². The van der Waals surface area contributed by atoms with Gasteiger partial charge in [-0.15, -0.1) is 6.42 Å². The fraction of sp³-hybridized carbons (Fsp3) is 0.571. The quantitative estimate of drug-likeness (QED) is 0.325. The molecule has 0 bridgehead atoms. The van der Waals surface area contributed by atoms with E-state index in [9.17, 15) is 19.2 Å². The summed E-state index contributed by atoms with van der Waals surface area (Å²) >= 11 is 0. The first-order valence-electron chi connectivity index (χ1n) is 12.5. The summed E-state index contributed by atoms with van der Waals surface area (Å²) in [7, 11) is 1.22. The normalized spacial score (nSPS) is 12.6. The molecule has 2 atom stereocenters. The Kier molecular flexibility index (Phi) is 12.7. The summed E-state index contributed by atoms with van der Waals surface area (Å²) in [6, 6.07) is 4.75. The zero-order chi connectivity index (χ0) is 28.2. The smallest absolute Gasteiger partial charge is 0.408 e. The number of nitrogens with one attached hydrogen (secondary N) is 2. The highest BCUT2D eigenvalue weighted by Crippen LogP contribution is 2.25. The van der Waals surface area contributed by atoms with Gasteiger partial charge in [-0.25, -0.2) is 4.79 Å². The zero-order valence-electron chi connectivity index (χ0n) is 23.1. The van der Waals surface area contributed by atoms with Crippen molar-refractivity contribution in [2.75, 3.05) is 20.2 Å². The molecule has 0 saturated carbocycles. The number of esters is 1. The second-order valence-electron chi connectivity index (χ2n) is 10.2. The minimum absolute atomic E-state index is 0.0680. The van der Waals surface area contributed by atoms with E-state index in [0.717, 1.165) is 6.42 Å². The number of alkyl carbamates (subject to hydrolysis) is 1. The molecule has 0 aliphatic rings. The van der Waals surface area contributed by atoms with Gasteiger partial charge in [0, 0.05) is 12.1 Å². The van der Waals surface area contributed by atoms with Crippen molar-refractivity contribution in [1.29, 1.82) is 0 Å². The third kappa shape index (κ3) is 10.9. The molecule has 2 unspecified atom stereocenters. The number of nitrogens with zero attached hydrogens (tertiary/aromatic N) is 1. The average Bonchev–Trinajstić information content (AvgIpc) is 2.82. The van der Waals surface area contributed by atoms with Gasteiger partial charge in [0.1, 0.15) is 24.2 Å². The molecule has 9 nitrogen and oxygen atoms in total. The van der Waals surface area contributed by atoms with Crippen LogP contribution in [0.1, 0.15) is 78.0 Å². The van der Waals surface area contributed by atoms with E-state index in [1.807, 2.05) is 20.8 Å². The lowest BCUT2D eigenvalue weighted by Crippen LogP contribution is -2.53. The molecule has 0 aliphatic carbocycles.